The highest BCUT2D eigenvalue weighted by atomic mass is 16.5. The van der Waals surface area contributed by atoms with E-state index in [1.165, 1.54) is 0 Å². The Bertz CT molecular complexity index is 724. The maximum absolute atomic E-state index is 13.1. The van der Waals surface area contributed by atoms with Gasteiger partial charge in [0.05, 0.1) is 0 Å². The van der Waals surface area contributed by atoms with E-state index in [1.54, 1.807) is 13.0 Å². The number of hydrogen-bond acceptors (Lipinski definition) is 5. The van der Waals surface area contributed by atoms with E-state index in [2.05, 4.69) is 6.92 Å². The van der Waals surface area contributed by atoms with E-state index in [1.807, 2.05) is 6.92 Å². The highest BCUT2D eigenvalue weighted by Crippen LogP contribution is 2.63. The van der Waals surface area contributed by atoms with Crippen LogP contribution in [-0.4, -0.2) is 34.9 Å². The first-order valence-corrected chi connectivity index (χ1v) is 10.4. The number of ether oxygens (including phenoxy) is 1. The minimum atomic E-state index is -0.922. The van der Waals surface area contributed by atoms with E-state index < -0.39 is 11.5 Å². The zero-order valence-electron chi connectivity index (χ0n) is 16.5. The van der Waals surface area contributed by atoms with Crippen LogP contribution in [0.15, 0.2) is 11.6 Å². The average molecular weight is 374 g/mol. The number of fused-ring (bicyclic) bond motifs is 5. The summed E-state index contributed by atoms with van der Waals surface area (Å²) >= 11 is 0. The highest BCUT2D eigenvalue weighted by molar-refractivity contribution is 5.97. The van der Waals surface area contributed by atoms with Gasteiger partial charge in [0.25, 0.3) is 0 Å². The number of esters is 1. The third kappa shape index (κ3) is 2.65. The molecule has 1 N–H and O–H groups in total. The quantitative estimate of drug-likeness (QED) is 0.752. The van der Waals surface area contributed by atoms with Crippen LogP contribution in [0.2, 0.25) is 0 Å². The lowest BCUT2D eigenvalue weighted by atomic mass is 9.48. The predicted molar refractivity (Wildman–Crippen MR) is 98.7 cm³/mol. The van der Waals surface area contributed by atoms with Crippen molar-refractivity contribution >= 4 is 17.5 Å². The number of aliphatic hydroxyl groups is 1. The van der Waals surface area contributed by atoms with Crippen LogP contribution in [0.4, 0.5) is 0 Å². The van der Waals surface area contributed by atoms with Crippen molar-refractivity contribution < 1.29 is 24.2 Å². The van der Waals surface area contributed by atoms with Crippen molar-refractivity contribution in [3.63, 3.8) is 0 Å². The van der Waals surface area contributed by atoms with E-state index in [-0.39, 0.29) is 46.8 Å². The number of carbonyl (C=O) groups is 3. The lowest BCUT2D eigenvalue weighted by Crippen LogP contribution is -2.53. The average Bonchev–Trinajstić information content (AvgIpc) is 2.86. The van der Waals surface area contributed by atoms with Gasteiger partial charge < -0.3 is 9.84 Å². The number of allylic oxidation sites excluding steroid dienone is 1. The Kier molecular flexibility index (Phi) is 4.37. The van der Waals surface area contributed by atoms with Crippen LogP contribution in [0, 0.1) is 28.6 Å². The molecule has 7 atom stereocenters. The zero-order valence-corrected chi connectivity index (χ0v) is 16.5. The van der Waals surface area contributed by atoms with E-state index >= 15 is 0 Å². The topological polar surface area (TPSA) is 80.7 Å². The van der Waals surface area contributed by atoms with Crippen molar-refractivity contribution in [2.24, 2.45) is 28.6 Å². The predicted octanol–water partition coefficient (Wildman–Crippen LogP) is 2.99. The normalized spacial score (nSPS) is 46.2. The molecule has 0 aromatic heterocycles. The third-order valence-corrected chi connectivity index (χ3v) is 8.22. The number of ketones is 2. The maximum atomic E-state index is 13.1. The Morgan fingerprint density at radius 2 is 1.89 bits per heavy atom. The van der Waals surface area contributed by atoms with Crippen molar-refractivity contribution in [2.45, 2.75) is 77.9 Å². The molecule has 5 heteroatoms. The molecule has 0 amide bonds. The number of aliphatic hydroxyl groups excluding tert-OH is 1. The van der Waals surface area contributed by atoms with Gasteiger partial charge in [0.15, 0.2) is 11.6 Å². The van der Waals surface area contributed by atoms with E-state index in [4.69, 9.17) is 4.74 Å². The Morgan fingerprint density at radius 3 is 2.59 bits per heavy atom. The summed E-state index contributed by atoms with van der Waals surface area (Å²) in [4.78, 5) is 37.4. The second-order valence-corrected chi connectivity index (χ2v) is 9.51. The molecule has 0 saturated heterocycles. The first-order chi connectivity index (χ1) is 12.7. The highest BCUT2D eigenvalue weighted by Gasteiger charge is 2.63. The molecular formula is C22H30O5. The molecule has 5 nitrogen and oxygen atoms in total. The van der Waals surface area contributed by atoms with Crippen LogP contribution in [0.1, 0.15) is 65.7 Å². The molecule has 3 fully saturated rings. The molecule has 0 spiro atoms. The van der Waals surface area contributed by atoms with Gasteiger partial charge in [-0.3, -0.25) is 14.4 Å². The number of Topliss-reactive ketones (excluding diaryl/α,β-unsaturated/α-hetero) is 1. The van der Waals surface area contributed by atoms with Crippen molar-refractivity contribution in [2.75, 3.05) is 0 Å². The van der Waals surface area contributed by atoms with Gasteiger partial charge in [-0.1, -0.05) is 26.3 Å². The molecule has 0 bridgehead atoms. The van der Waals surface area contributed by atoms with E-state index in [0.29, 0.717) is 19.3 Å². The van der Waals surface area contributed by atoms with Crippen LogP contribution in [-0.2, 0) is 19.1 Å². The van der Waals surface area contributed by atoms with Gasteiger partial charge in [0.2, 0.25) is 0 Å². The first-order valence-electron chi connectivity index (χ1n) is 10.4. The molecule has 148 valence electrons. The molecular weight excluding hydrogens is 344 g/mol. The zero-order chi connectivity index (χ0) is 19.6. The second-order valence-electron chi connectivity index (χ2n) is 9.51. The van der Waals surface area contributed by atoms with Crippen LogP contribution in [0.25, 0.3) is 0 Å². The molecule has 0 radical (unpaired) electrons. The molecule has 0 aromatic carbocycles. The summed E-state index contributed by atoms with van der Waals surface area (Å²) < 4.78 is 5.55. The minimum absolute atomic E-state index is 0.0588. The SMILES string of the molecule is CCC(=O)O[C@H]1CC[C@@]2(C)C(=CC(=O)[C@@H]3[C@@H]2CC[C@]2(C)C(=O)[C@H](O)C[C@@H]32)C1. The van der Waals surface area contributed by atoms with Crippen LogP contribution >= 0.6 is 0 Å². The van der Waals surface area contributed by atoms with Crippen molar-refractivity contribution in [1.29, 1.82) is 0 Å². The Hall–Kier alpha value is -1.49. The minimum Gasteiger partial charge on any atom is -0.462 e. The molecule has 0 aromatic rings. The molecule has 4 aliphatic carbocycles. The summed E-state index contributed by atoms with van der Waals surface area (Å²) in [6.45, 7) is 5.98. The fourth-order valence-corrected chi connectivity index (χ4v) is 6.54. The Balaban J connectivity index is 1.64. The standard InChI is InChI=1S/C22H30O5/c1-4-18(25)27-13-5-7-21(2)12(9-13)10-16(23)19-14(21)6-8-22(3)15(19)11-17(24)20(22)26/h10,13-15,17,19,24H,4-9,11H2,1-3H3/t13-,14-,15-,17+,19+,21-,22-/m0/s1. The van der Waals surface area contributed by atoms with Gasteiger partial charge in [-0.15, -0.1) is 0 Å². The fourth-order valence-electron chi connectivity index (χ4n) is 6.54. The number of rotatable bonds is 2. The van der Waals surface area contributed by atoms with Crippen molar-refractivity contribution in [3.8, 4) is 0 Å². The number of carbonyl (C=O) groups excluding carboxylic acids is 3. The summed E-state index contributed by atoms with van der Waals surface area (Å²) in [5, 5.41) is 10.2. The molecule has 4 rings (SSSR count). The molecule has 3 saturated carbocycles. The Morgan fingerprint density at radius 1 is 1.19 bits per heavy atom. The van der Waals surface area contributed by atoms with Crippen LogP contribution in [0.3, 0.4) is 0 Å². The summed E-state index contributed by atoms with van der Waals surface area (Å²) in [5.74, 6) is -0.174. The van der Waals surface area contributed by atoms with Gasteiger partial charge in [-0.2, -0.15) is 0 Å². The van der Waals surface area contributed by atoms with Crippen LogP contribution < -0.4 is 0 Å². The van der Waals surface area contributed by atoms with Crippen LogP contribution in [0.5, 0.6) is 0 Å². The lowest BCUT2D eigenvalue weighted by Gasteiger charge is -2.55. The van der Waals surface area contributed by atoms with Gasteiger partial charge in [-0.05, 0) is 55.4 Å². The summed E-state index contributed by atoms with van der Waals surface area (Å²) in [6, 6.07) is 0. The molecule has 27 heavy (non-hydrogen) atoms. The fraction of sp³-hybridized carbons (Fsp3) is 0.773. The lowest BCUT2D eigenvalue weighted by molar-refractivity contribution is -0.151. The Labute approximate surface area is 160 Å². The largest absolute Gasteiger partial charge is 0.462 e. The summed E-state index contributed by atoms with van der Waals surface area (Å²) in [5.41, 5.74) is 0.472. The monoisotopic (exact) mass is 374 g/mol. The van der Waals surface area contributed by atoms with Crippen molar-refractivity contribution in [3.05, 3.63) is 11.6 Å². The van der Waals surface area contributed by atoms with Crippen molar-refractivity contribution in [1.82, 2.24) is 0 Å². The van der Waals surface area contributed by atoms with Gasteiger partial charge >= 0.3 is 5.97 Å². The summed E-state index contributed by atoms with van der Waals surface area (Å²) in [6.07, 6.45) is 5.46. The van der Waals surface area contributed by atoms with E-state index in [0.717, 1.165) is 31.3 Å². The third-order valence-electron chi connectivity index (χ3n) is 8.22. The van der Waals surface area contributed by atoms with E-state index in [9.17, 15) is 19.5 Å². The molecule has 4 aliphatic rings. The molecule has 0 aliphatic heterocycles. The second kappa shape index (κ2) is 6.26. The van der Waals surface area contributed by atoms with Gasteiger partial charge in [-0.25, -0.2) is 0 Å². The smallest absolute Gasteiger partial charge is 0.305 e. The van der Waals surface area contributed by atoms with Gasteiger partial charge in [0, 0.05) is 24.2 Å². The maximum Gasteiger partial charge on any atom is 0.305 e. The molecule has 0 unspecified atom stereocenters. The van der Waals surface area contributed by atoms with Gasteiger partial charge in [0.1, 0.15) is 12.2 Å². The number of hydrogen-bond donors (Lipinski definition) is 1. The first kappa shape index (κ1) is 18.9. The molecule has 0 heterocycles. The summed E-state index contributed by atoms with van der Waals surface area (Å²) in [7, 11) is 0.